The highest BCUT2D eigenvalue weighted by molar-refractivity contribution is 8.14. The lowest BCUT2D eigenvalue weighted by atomic mass is 9.96. The van der Waals surface area contributed by atoms with Crippen LogP contribution in [-0.4, -0.2) is 61.4 Å². The topological polar surface area (TPSA) is 174 Å². The third-order valence-corrected chi connectivity index (χ3v) is 4.41. The molecule has 0 saturated carbocycles. The molecule has 6 N–H and O–H groups in total. The molecule has 27 heavy (non-hydrogen) atoms. The number of aryl methyl sites for hydroxylation is 1. The number of nitrogens with zero attached hydrogens (tertiary/aromatic N) is 2. The molecule has 0 spiro atoms. The first kappa shape index (κ1) is 22.4. The zero-order valence-corrected chi connectivity index (χ0v) is 15.3. The van der Waals surface area contributed by atoms with Crippen LogP contribution in [-0.2, 0) is 14.4 Å². The van der Waals surface area contributed by atoms with Crippen molar-refractivity contribution < 1.29 is 34.8 Å². The standard InChI is InChI=1S/C10H13N3S.C6H8O7/c1-8-4-2-3-5-9(8)13(11)10-12-6-7-14-10;7-3(8)1-6(13,5(11)12)2-4(9)10/h2-5H,6-7,11H2,1H3;13H,1-2H2,(H,7,8)(H,9,10)(H,11,12). The van der Waals surface area contributed by atoms with Gasteiger partial charge in [-0.2, -0.15) is 0 Å². The summed E-state index contributed by atoms with van der Waals surface area (Å²) < 4.78 is 0. The molecule has 0 aliphatic carbocycles. The van der Waals surface area contributed by atoms with Gasteiger partial charge in [0.25, 0.3) is 0 Å². The van der Waals surface area contributed by atoms with Crippen LogP contribution in [0.2, 0.25) is 0 Å². The van der Waals surface area contributed by atoms with E-state index >= 15 is 0 Å². The second-order valence-electron chi connectivity index (χ2n) is 5.65. The molecule has 0 saturated heterocycles. The van der Waals surface area contributed by atoms with Gasteiger partial charge in [-0.25, -0.2) is 10.6 Å². The predicted molar refractivity (Wildman–Crippen MR) is 99.7 cm³/mol. The molecule has 0 unspecified atom stereocenters. The van der Waals surface area contributed by atoms with Gasteiger partial charge in [-0.3, -0.25) is 19.6 Å². The van der Waals surface area contributed by atoms with Gasteiger partial charge in [0, 0.05) is 5.75 Å². The number of para-hydroxylation sites is 1. The number of amidine groups is 1. The Morgan fingerprint density at radius 1 is 1.19 bits per heavy atom. The van der Waals surface area contributed by atoms with Gasteiger partial charge in [0.2, 0.25) is 0 Å². The fourth-order valence-corrected chi connectivity index (χ4v) is 2.91. The van der Waals surface area contributed by atoms with E-state index in [0.29, 0.717) is 0 Å². The second-order valence-corrected chi connectivity index (χ2v) is 6.71. The maximum atomic E-state index is 10.3. The number of nitrogens with two attached hydrogens (primary N) is 1. The number of benzene rings is 1. The minimum Gasteiger partial charge on any atom is -0.481 e. The molecule has 1 aliphatic heterocycles. The van der Waals surface area contributed by atoms with E-state index in [2.05, 4.69) is 18.0 Å². The Kier molecular flexibility index (Phi) is 8.22. The number of hydrogen-bond donors (Lipinski definition) is 5. The maximum Gasteiger partial charge on any atom is 0.336 e. The molecule has 0 radical (unpaired) electrons. The summed E-state index contributed by atoms with van der Waals surface area (Å²) in [6.45, 7) is 2.93. The summed E-state index contributed by atoms with van der Waals surface area (Å²) in [5.74, 6) is 2.00. The number of carbonyl (C=O) groups is 3. The Hall–Kier alpha value is -2.63. The summed E-state index contributed by atoms with van der Waals surface area (Å²) in [5, 5.41) is 36.4. The number of hydrazine groups is 1. The fraction of sp³-hybridized carbons (Fsp3) is 0.375. The van der Waals surface area contributed by atoms with Crippen LogP contribution in [0.15, 0.2) is 29.3 Å². The molecular formula is C16H21N3O7S. The Balaban J connectivity index is 0.000000271. The molecule has 1 aromatic rings. The summed E-state index contributed by atoms with van der Waals surface area (Å²) in [5.41, 5.74) is -0.539. The van der Waals surface area contributed by atoms with E-state index in [1.807, 2.05) is 18.2 Å². The molecular weight excluding hydrogens is 378 g/mol. The van der Waals surface area contributed by atoms with Crippen LogP contribution in [0.3, 0.4) is 0 Å². The van der Waals surface area contributed by atoms with Crippen molar-refractivity contribution in [1.29, 1.82) is 0 Å². The maximum absolute atomic E-state index is 10.3. The van der Waals surface area contributed by atoms with Crippen LogP contribution < -0.4 is 10.9 Å². The van der Waals surface area contributed by atoms with Crippen molar-refractivity contribution in [3.8, 4) is 0 Å². The molecule has 148 valence electrons. The molecule has 0 atom stereocenters. The average molecular weight is 399 g/mol. The van der Waals surface area contributed by atoms with Crippen molar-refractivity contribution in [2.45, 2.75) is 25.4 Å². The largest absolute Gasteiger partial charge is 0.481 e. The first-order valence-corrected chi connectivity index (χ1v) is 8.72. The Morgan fingerprint density at radius 2 is 1.74 bits per heavy atom. The third-order valence-electron chi connectivity index (χ3n) is 3.44. The number of thioether (sulfide) groups is 1. The lowest BCUT2D eigenvalue weighted by Crippen LogP contribution is -2.42. The molecule has 2 rings (SSSR count). The number of aliphatic imine (C=N–C) groups is 1. The molecule has 1 heterocycles. The van der Waals surface area contributed by atoms with Crippen molar-refractivity contribution in [1.82, 2.24) is 0 Å². The van der Waals surface area contributed by atoms with E-state index in [0.717, 1.165) is 23.2 Å². The van der Waals surface area contributed by atoms with E-state index in [-0.39, 0.29) is 0 Å². The van der Waals surface area contributed by atoms with Crippen molar-refractivity contribution in [3.63, 3.8) is 0 Å². The Labute approximate surface area is 159 Å². The molecule has 10 nitrogen and oxygen atoms in total. The lowest BCUT2D eigenvalue weighted by molar-refractivity contribution is -0.170. The van der Waals surface area contributed by atoms with Crippen LogP contribution in [0, 0.1) is 6.92 Å². The highest BCUT2D eigenvalue weighted by Gasteiger charge is 2.40. The average Bonchev–Trinajstić information content (AvgIpc) is 3.08. The highest BCUT2D eigenvalue weighted by atomic mass is 32.2. The molecule has 11 heteroatoms. The van der Waals surface area contributed by atoms with E-state index in [1.54, 1.807) is 16.8 Å². The van der Waals surface area contributed by atoms with Crippen molar-refractivity contribution in [3.05, 3.63) is 29.8 Å². The van der Waals surface area contributed by atoms with Crippen LogP contribution in [0.4, 0.5) is 5.69 Å². The van der Waals surface area contributed by atoms with E-state index < -0.39 is 36.4 Å². The minimum atomic E-state index is -2.74. The van der Waals surface area contributed by atoms with E-state index in [9.17, 15) is 14.4 Å². The number of carboxylic acids is 3. The summed E-state index contributed by atoms with van der Waals surface area (Å²) in [4.78, 5) is 34.8. The number of carboxylic acid groups (broad SMARTS) is 3. The van der Waals surface area contributed by atoms with Gasteiger partial charge in [-0.15, -0.1) is 0 Å². The van der Waals surface area contributed by atoms with Crippen molar-refractivity contribution in [2.24, 2.45) is 10.8 Å². The van der Waals surface area contributed by atoms with Crippen molar-refractivity contribution in [2.75, 3.05) is 17.3 Å². The van der Waals surface area contributed by atoms with Crippen LogP contribution in [0.1, 0.15) is 18.4 Å². The van der Waals surface area contributed by atoms with Crippen LogP contribution in [0.25, 0.3) is 0 Å². The highest BCUT2D eigenvalue weighted by Crippen LogP contribution is 2.22. The first-order valence-electron chi connectivity index (χ1n) is 7.74. The molecule has 0 bridgehead atoms. The monoisotopic (exact) mass is 399 g/mol. The second kappa shape index (κ2) is 9.90. The van der Waals surface area contributed by atoms with Crippen LogP contribution >= 0.6 is 11.8 Å². The van der Waals surface area contributed by atoms with Gasteiger partial charge in [-0.1, -0.05) is 30.0 Å². The quantitative estimate of drug-likeness (QED) is 0.335. The number of aliphatic carboxylic acids is 3. The van der Waals surface area contributed by atoms with Gasteiger partial charge >= 0.3 is 17.9 Å². The number of aliphatic hydroxyl groups is 1. The smallest absolute Gasteiger partial charge is 0.336 e. The summed E-state index contributed by atoms with van der Waals surface area (Å²) >= 11 is 1.70. The SMILES string of the molecule is Cc1ccccc1N(N)C1=NCCS1.O=C(O)CC(O)(CC(=O)O)C(=O)O. The zero-order chi connectivity index (χ0) is 20.6. The molecule has 0 fully saturated rings. The van der Waals surface area contributed by atoms with Gasteiger partial charge in [0.1, 0.15) is 0 Å². The number of rotatable bonds is 6. The Bertz CT molecular complexity index is 722. The normalized spacial score (nSPS) is 13.2. The molecule has 0 amide bonds. The summed E-state index contributed by atoms with van der Waals surface area (Å²) in [6.07, 6.45) is -2.29. The predicted octanol–water partition coefficient (Wildman–Crippen LogP) is 0.529. The van der Waals surface area contributed by atoms with Gasteiger partial charge in [0.05, 0.1) is 25.1 Å². The van der Waals surface area contributed by atoms with Gasteiger partial charge in [-0.05, 0) is 18.6 Å². The third kappa shape index (κ3) is 6.89. The lowest BCUT2D eigenvalue weighted by Gasteiger charge is -2.19. The first-order chi connectivity index (χ1) is 12.6. The van der Waals surface area contributed by atoms with E-state index in [1.165, 1.54) is 5.56 Å². The zero-order valence-electron chi connectivity index (χ0n) is 14.5. The summed E-state index contributed by atoms with van der Waals surface area (Å²) in [6, 6.07) is 8.06. The molecule has 1 aliphatic rings. The van der Waals surface area contributed by atoms with E-state index in [4.69, 9.17) is 26.3 Å². The fourth-order valence-electron chi connectivity index (χ4n) is 2.12. The number of anilines is 1. The minimum absolute atomic E-state index is 0.875. The van der Waals surface area contributed by atoms with Gasteiger partial charge in [0.15, 0.2) is 10.8 Å². The van der Waals surface area contributed by atoms with Crippen LogP contribution in [0.5, 0.6) is 0 Å². The molecule has 0 aromatic heterocycles. The summed E-state index contributed by atoms with van der Waals surface area (Å²) in [7, 11) is 0. The van der Waals surface area contributed by atoms with Gasteiger partial charge < -0.3 is 20.4 Å². The number of hydrogen-bond acceptors (Lipinski definition) is 8. The van der Waals surface area contributed by atoms with Crippen molar-refractivity contribution >= 4 is 40.5 Å². The Morgan fingerprint density at radius 3 is 2.15 bits per heavy atom. The molecule has 1 aromatic carbocycles.